The van der Waals surface area contributed by atoms with Crippen LogP contribution in [-0.4, -0.2) is 9.13 Å². The quantitative estimate of drug-likeness (QED) is 0.178. The van der Waals surface area contributed by atoms with Gasteiger partial charge in [0.25, 0.3) is 0 Å². The highest BCUT2D eigenvalue weighted by atomic mass is 15.0. The van der Waals surface area contributed by atoms with Crippen molar-refractivity contribution in [2.75, 3.05) is 0 Å². The minimum Gasteiger partial charge on any atom is -0.309 e. The van der Waals surface area contributed by atoms with Crippen molar-refractivity contribution in [1.82, 2.24) is 9.13 Å². The second-order valence-corrected chi connectivity index (χ2v) is 13.0. The first kappa shape index (κ1) is 28.4. The normalized spacial score (nSPS) is 11.6. The van der Waals surface area contributed by atoms with Gasteiger partial charge in [0.15, 0.2) is 0 Å². The third-order valence-electron chi connectivity index (χ3n) is 10.2. The van der Waals surface area contributed by atoms with Crippen LogP contribution in [0.1, 0.15) is 0 Å². The fourth-order valence-corrected chi connectivity index (χ4v) is 7.83. The van der Waals surface area contributed by atoms with Gasteiger partial charge in [0.1, 0.15) is 0 Å². The molecular formula is C48H32N2. The van der Waals surface area contributed by atoms with E-state index in [2.05, 4.69) is 203 Å². The van der Waals surface area contributed by atoms with Gasteiger partial charge in [-0.15, -0.1) is 0 Å². The number of nitrogens with zero attached hydrogens (tertiary/aromatic N) is 2. The van der Waals surface area contributed by atoms with E-state index in [1.54, 1.807) is 0 Å². The summed E-state index contributed by atoms with van der Waals surface area (Å²) in [7, 11) is 0. The predicted molar refractivity (Wildman–Crippen MR) is 211 cm³/mol. The first-order chi connectivity index (χ1) is 24.8. The lowest BCUT2D eigenvalue weighted by atomic mass is 9.91. The summed E-state index contributed by atoms with van der Waals surface area (Å²) < 4.78 is 4.75. The lowest BCUT2D eigenvalue weighted by Gasteiger charge is -2.15. The van der Waals surface area contributed by atoms with Gasteiger partial charge in [-0.25, -0.2) is 0 Å². The molecule has 0 amide bonds. The van der Waals surface area contributed by atoms with Crippen molar-refractivity contribution in [2.24, 2.45) is 0 Å². The van der Waals surface area contributed by atoms with Crippen molar-refractivity contribution in [3.63, 3.8) is 0 Å². The van der Waals surface area contributed by atoms with Crippen LogP contribution in [0.2, 0.25) is 0 Å². The Labute approximate surface area is 290 Å². The molecule has 2 nitrogen and oxygen atoms in total. The lowest BCUT2D eigenvalue weighted by Crippen LogP contribution is -1.95. The van der Waals surface area contributed by atoms with Gasteiger partial charge < -0.3 is 9.13 Å². The maximum atomic E-state index is 2.38. The van der Waals surface area contributed by atoms with Crippen LogP contribution in [0.5, 0.6) is 0 Å². The molecule has 0 spiro atoms. The van der Waals surface area contributed by atoms with Crippen molar-refractivity contribution in [1.29, 1.82) is 0 Å². The summed E-state index contributed by atoms with van der Waals surface area (Å²) in [4.78, 5) is 0. The second kappa shape index (κ2) is 11.5. The van der Waals surface area contributed by atoms with Gasteiger partial charge in [0, 0.05) is 32.9 Å². The first-order valence-corrected chi connectivity index (χ1v) is 17.2. The molecule has 234 valence electrons. The van der Waals surface area contributed by atoms with Crippen molar-refractivity contribution < 1.29 is 0 Å². The number of rotatable bonds is 5. The fraction of sp³-hybridized carbons (Fsp3) is 0. The van der Waals surface area contributed by atoms with E-state index >= 15 is 0 Å². The lowest BCUT2D eigenvalue weighted by molar-refractivity contribution is 1.18. The molecule has 0 aliphatic heterocycles. The van der Waals surface area contributed by atoms with Gasteiger partial charge >= 0.3 is 0 Å². The smallest absolute Gasteiger partial charge is 0.0541 e. The Balaban J connectivity index is 1.10. The fourth-order valence-electron chi connectivity index (χ4n) is 7.83. The van der Waals surface area contributed by atoms with E-state index in [4.69, 9.17) is 0 Å². The standard InChI is InChI=1S/C48H32N2/c1-2-12-33(13-3-1)36-26-31-39(34-22-27-37(28-23-34)49-45-18-8-4-14-40(45)41-15-5-9-19-46(41)49)44(32-36)35-24-29-38(30-25-35)50-47-20-10-6-16-42(47)43-17-7-11-21-48(43)50/h1-32H. The van der Waals surface area contributed by atoms with E-state index < -0.39 is 0 Å². The number of benzene rings is 8. The Bertz CT molecular complexity index is 2730. The summed E-state index contributed by atoms with van der Waals surface area (Å²) >= 11 is 0. The second-order valence-electron chi connectivity index (χ2n) is 13.0. The highest BCUT2D eigenvalue weighted by Crippen LogP contribution is 2.39. The zero-order valence-electron chi connectivity index (χ0n) is 27.4. The molecule has 0 bridgehead atoms. The summed E-state index contributed by atoms with van der Waals surface area (Å²) in [5.41, 5.74) is 14.4. The predicted octanol–water partition coefficient (Wildman–Crippen LogP) is 12.9. The highest BCUT2D eigenvalue weighted by molar-refractivity contribution is 6.10. The van der Waals surface area contributed by atoms with Crippen molar-refractivity contribution in [3.05, 3.63) is 194 Å². The van der Waals surface area contributed by atoms with Crippen LogP contribution in [0.4, 0.5) is 0 Å². The van der Waals surface area contributed by atoms with E-state index in [-0.39, 0.29) is 0 Å². The summed E-state index contributed by atoms with van der Waals surface area (Å²) in [5, 5.41) is 5.09. The molecule has 2 aromatic heterocycles. The van der Waals surface area contributed by atoms with E-state index in [9.17, 15) is 0 Å². The van der Waals surface area contributed by atoms with Gasteiger partial charge in [-0.3, -0.25) is 0 Å². The number of hydrogen-bond donors (Lipinski definition) is 0. The van der Waals surface area contributed by atoms with E-state index in [0.29, 0.717) is 0 Å². The molecule has 0 fully saturated rings. The molecule has 0 atom stereocenters. The molecule has 2 heteroatoms. The third kappa shape index (κ3) is 4.50. The van der Waals surface area contributed by atoms with Crippen LogP contribution < -0.4 is 0 Å². The molecule has 10 aromatic rings. The molecule has 8 aromatic carbocycles. The van der Waals surface area contributed by atoms with Crippen LogP contribution in [0.3, 0.4) is 0 Å². The maximum Gasteiger partial charge on any atom is 0.0541 e. The summed E-state index contributed by atoms with van der Waals surface area (Å²) in [5.74, 6) is 0. The Morgan fingerprint density at radius 3 is 1.04 bits per heavy atom. The number of fused-ring (bicyclic) bond motifs is 6. The zero-order valence-corrected chi connectivity index (χ0v) is 27.4. The molecular weight excluding hydrogens is 605 g/mol. The van der Waals surface area contributed by atoms with Crippen LogP contribution in [0.25, 0.3) is 88.4 Å². The van der Waals surface area contributed by atoms with Crippen molar-refractivity contribution >= 4 is 43.6 Å². The van der Waals surface area contributed by atoms with Crippen molar-refractivity contribution in [3.8, 4) is 44.8 Å². The van der Waals surface area contributed by atoms with Crippen molar-refractivity contribution in [2.45, 2.75) is 0 Å². The molecule has 0 aliphatic rings. The van der Waals surface area contributed by atoms with Gasteiger partial charge in [-0.2, -0.15) is 0 Å². The molecule has 50 heavy (non-hydrogen) atoms. The summed E-state index contributed by atoms with van der Waals surface area (Å²) in [6, 6.07) is 70.4. The molecule has 0 saturated carbocycles. The molecule has 0 aliphatic carbocycles. The zero-order chi connectivity index (χ0) is 33.0. The van der Waals surface area contributed by atoms with Gasteiger partial charge in [0.05, 0.1) is 22.1 Å². The average molecular weight is 637 g/mol. The highest BCUT2D eigenvalue weighted by Gasteiger charge is 2.15. The molecule has 0 radical (unpaired) electrons. The average Bonchev–Trinajstić information content (AvgIpc) is 3.71. The Morgan fingerprint density at radius 1 is 0.240 bits per heavy atom. The van der Waals surface area contributed by atoms with Gasteiger partial charge in [-0.1, -0.05) is 140 Å². The van der Waals surface area contributed by atoms with E-state index in [1.165, 1.54) is 77.0 Å². The first-order valence-electron chi connectivity index (χ1n) is 17.2. The maximum absolute atomic E-state index is 2.38. The Morgan fingerprint density at radius 2 is 0.600 bits per heavy atom. The SMILES string of the molecule is c1ccc(-c2ccc(-c3ccc(-n4c5ccccc5c5ccccc54)cc3)c(-c3ccc(-n4c5ccccc5c5ccccc54)cc3)c2)cc1. The van der Waals surface area contributed by atoms with E-state index in [0.717, 1.165) is 11.4 Å². The largest absolute Gasteiger partial charge is 0.309 e. The van der Waals surface area contributed by atoms with Gasteiger partial charge in [0.2, 0.25) is 0 Å². The van der Waals surface area contributed by atoms with E-state index in [1.807, 2.05) is 0 Å². The molecule has 0 saturated heterocycles. The molecule has 0 unspecified atom stereocenters. The minimum absolute atomic E-state index is 1.16. The van der Waals surface area contributed by atoms with Crippen LogP contribution in [0, 0.1) is 0 Å². The summed E-state index contributed by atoms with van der Waals surface area (Å²) in [6.07, 6.45) is 0. The number of para-hydroxylation sites is 4. The Hall–Kier alpha value is -6.64. The molecule has 2 heterocycles. The Kier molecular flexibility index (Phi) is 6.53. The van der Waals surface area contributed by atoms with Gasteiger partial charge in [-0.05, 0) is 88.0 Å². The van der Waals surface area contributed by atoms with Crippen LogP contribution >= 0.6 is 0 Å². The summed E-state index contributed by atoms with van der Waals surface area (Å²) in [6.45, 7) is 0. The topological polar surface area (TPSA) is 9.86 Å². The monoisotopic (exact) mass is 636 g/mol. The third-order valence-corrected chi connectivity index (χ3v) is 10.2. The van der Waals surface area contributed by atoms with Crippen LogP contribution in [0.15, 0.2) is 194 Å². The molecule has 0 N–H and O–H groups in total. The number of aromatic nitrogens is 2. The number of hydrogen-bond acceptors (Lipinski definition) is 0. The minimum atomic E-state index is 1.16. The molecule has 10 rings (SSSR count). The van der Waals surface area contributed by atoms with Crippen LogP contribution in [-0.2, 0) is 0 Å².